The smallest absolute Gasteiger partial charge is 0.329 e. The van der Waals surface area contributed by atoms with Crippen molar-refractivity contribution in [3.63, 3.8) is 0 Å². The SMILES string of the molecule is CCC(C)[C@H]1NC(=O)[C@@H](NC(=O)[C@@H](CC(C)C)NC)[C@@H](C)OC(=O)[C@H](Cc2ccc(OC)cc2)N(C)C(=O)[C@@H]2CCCN2C(=O)[C@H](CC(C)C)NC(=O)[C@@H](C)C(=O)[C@H](C(C)C)OC(=O)C[C@@H]1O. The van der Waals surface area contributed by atoms with Crippen LogP contribution >= 0.6 is 0 Å². The first-order chi connectivity index (χ1) is 31.4. The Morgan fingerprint density at radius 1 is 0.910 bits per heavy atom. The molecule has 0 aromatic heterocycles. The Morgan fingerprint density at radius 2 is 1.55 bits per heavy atom. The van der Waals surface area contributed by atoms with Gasteiger partial charge in [0.2, 0.25) is 29.5 Å². The number of carbonyl (C=O) groups is 8. The fraction of sp³-hybridized carbons (Fsp3) is 0.714. The van der Waals surface area contributed by atoms with Crippen molar-refractivity contribution in [3.8, 4) is 5.75 Å². The average molecular weight is 943 g/mol. The molecule has 2 aliphatic rings. The third kappa shape index (κ3) is 15.5. The molecule has 67 heavy (non-hydrogen) atoms. The number of amides is 5. The van der Waals surface area contributed by atoms with Crippen molar-refractivity contribution >= 4 is 47.3 Å². The van der Waals surface area contributed by atoms with E-state index in [0.29, 0.717) is 30.6 Å². The summed E-state index contributed by atoms with van der Waals surface area (Å²) in [5, 5.41) is 22.9. The number of methoxy groups -OCH3 is 1. The Hall–Kier alpha value is -5.10. The van der Waals surface area contributed by atoms with Crippen LogP contribution in [0.25, 0.3) is 0 Å². The summed E-state index contributed by atoms with van der Waals surface area (Å²) in [6, 6.07) is 0.0322. The van der Waals surface area contributed by atoms with Crippen LogP contribution in [0.15, 0.2) is 24.3 Å². The molecule has 18 heteroatoms. The van der Waals surface area contributed by atoms with E-state index in [0.717, 1.165) is 0 Å². The van der Waals surface area contributed by atoms with Gasteiger partial charge in [-0.15, -0.1) is 0 Å². The quantitative estimate of drug-likeness (QED) is 0.142. The number of ether oxygens (including phenoxy) is 3. The molecular weight excluding hydrogens is 865 g/mol. The molecule has 2 saturated heterocycles. The zero-order chi connectivity index (χ0) is 50.4. The van der Waals surface area contributed by atoms with E-state index in [4.69, 9.17) is 14.2 Å². The van der Waals surface area contributed by atoms with Crippen LogP contribution < -0.4 is 26.0 Å². The van der Waals surface area contributed by atoms with Crippen LogP contribution in [-0.2, 0) is 54.3 Å². The number of aliphatic hydroxyl groups excluding tert-OH is 1. The fourth-order valence-corrected chi connectivity index (χ4v) is 8.55. The van der Waals surface area contributed by atoms with Gasteiger partial charge in [0.25, 0.3) is 0 Å². The number of fused-ring (bicyclic) bond motifs is 1. The first kappa shape index (κ1) is 56.2. The minimum absolute atomic E-state index is 0.0500. The third-order valence-electron chi connectivity index (χ3n) is 12.9. The molecule has 376 valence electrons. The van der Waals surface area contributed by atoms with E-state index in [1.807, 2.05) is 34.6 Å². The van der Waals surface area contributed by atoms with Crippen molar-refractivity contribution in [1.82, 2.24) is 31.1 Å². The topological polar surface area (TPSA) is 239 Å². The summed E-state index contributed by atoms with van der Waals surface area (Å²) in [5.41, 5.74) is 0.631. The van der Waals surface area contributed by atoms with E-state index in [2.05, 4.69) is 21.3 Å². The number of benzene rings is 1. The molecule has 0 aliphatic carbocycles. The Morgan fingerprint density at radius 3 is 2.10 bits per heavy atom. The normalized spacial score (nSPS) is 27.8. The van der Waals surface area contributed by atoms with E-state index in [1.165, 1.54) is 37.8 Å². The maximum atomic E-state index is 14.7. The number of rotatable bonds is 13. The molecule has 0 radical (unpaired) electrons. The minimum Gasteiger partial charge on any atom is -0.497 e. The molecule has 2 fully saturated rings. The number of Topliss-reactive ketones (excluding diaryl/α,β-unsaturated/α-hetero) is 1. The molecule has 0 bridgehead atoms. The number of cyclic esters (lactones) is 2. The summed E-state index contributed by atoms with van der Waals surface area (Å²) < 4.78 is 17.1. The van der Waals surface area contributed by atoms with E-state index < -0.39 is 126 Å². The van der Waals surface area contributed by atoms with Gasteiger partial charge in [-0.25, -0.2) is 4.79 Å². The van der Waals surface area contributed by atoms with Gasteiger partial charge in [-0.3, -0.25) is 33.6 Å². The van der Waals surface area contributed by atoms with Crippen molar-refractivity contribution in [1.29, 1.82) is 0 Å². The molecule has 18 nitrogen and oxygen atoms in total. The number of carbonyl (C=O) groups excluding carboxylic acids is 8. The third-order valence-corrected chi connectivity index (χ3v) is 12.9. The van der Waals surface area contributed by atoms with E-state index in [1.54, 1.807) is 52.1 Å². The molecule has 5 amide bonds. The molecule has 1 aromatic rings. The summed E-state index contributed by atoms with van der Waals surface area (Å²) >= 11 is 0. The van der Waals surface area contributed by atoms with Gasteiger partial charge < -0.3 is 50.4 Å². The Labute approximate surface area is 396 Å². The van der Waals surface area contributed by atoms with Crippen LogP contribution in [-0.4, -0.2) is 144 Å². The number of aliphatic hydroxyl groups is 1. The van der Waals surface area contributed by atoms with Gasteiger partial charge in [0.1, 0.15) is 36.0 Å². The summed E-state index contributed by atoms with van der Waals surface area (Å²) in [5.74, 6) is -7.71. The summed E-state index contributed by atoms with van der Waals surface area (Å²) in [7, 11) is 4.56. The lowest BCUT2D eigenvalue weighted by molar-refractivity contribution is -0.163. The maximum absolute atomic E-state index is 14.7. The standard InChI is InChI=1S/C49H78N6O12/c1-14-29(8)40-38(56)25-39(57)67-43(28(6)7)42(58)30(9)44(59)51-35(23-27(4)5)47(62)55-21-15-16-36(55)48(63)54(12)37(24-32-17-19-33(65-13)20-18-32)49(64)66-31(10)41(46(61)52-40)53-45(60)34(50-11)22-26(2)3/h17-20,26-31,34-38,40-41,43,50,56H,14-16,21-25H2,1-13H3,(H,51,59)(H,52,61)(H,53,60)/t29?,30-,31+,34+,35-,36-,37-,38-,40+,41-,43-/m0/s1. The van der Waals surface area contributed by atoms with Crippen LogP contribution in [0.5, 0.6) is 5.75 Å². The minimum atomic E-state index is -1.55. The summed E-state index contributed by atoms with van der Waals surface area (Å²) in [6.45, 7) is 17.4. The van der Waals surface area contributed by atoms with Gasteiger partial charge in [-0.1, -0.05) is 73.9 Å². The number of likely N-dealkylation sites (N-methyl/N-ethyl adjacent to an activating group) is 2. The van der Waals surface area contributed by atoms with Gasteiger partial charge in [0.05, 0.1) is 37.6 Å². The van der Waals surface area contributed by atoms with E-state index in [-0.39, 0.29) is 37.6 Å². The van der Waals surface area contributed by atoms with Crippen molar-refractivity contribution in [2.75, 3.05) is 27.7 Å². The molecule has 2 aliphatic heterocycles. The predicted octanol–water partition coefficient (Wildman–Crippen LogP) is 2.71. The average Bonchev–Trinajstić information content (AvgIpc) is 3.77. The second kappa shape index (κ2) is 25.9. The number of hydrogen-bond donors (Lipinski definition) is 5. The highest BCUT2D eigenvalue weighted by Gasteiger charge is 2.44. The molecule has 11 atom stereocenters. The Bertz CT molecular complexity index is 1870. The lowest BCUT2D eigenvalue weighted by Gasteiger charge is -2.35. The maximum Gasteiger partial charge on any atom is 0.329 e. The van der Waals surface area contributed by atoms with Crippen molar-refractivity contribution < 1.29 is 57.7 Å². The molecule has 0 spiro atoms. The number of esters is 2. The lowest BCUT2D eigenvalue weighted by atomic mass is 9.91. The van der Waals surface area contributed by atoms with Gasteiger partial charge in [0, 0.05) is 20.0 Å². The summed E-state index contributed by atoms with van der Waals surface area (Å²) in [4.78, 5) is 116. The van der Waals surface area contributed by atoms with Gasteiger partial charge in [-0.2, -0.15) is 0 Å². The number of nitrogens with zero attached hydrogens (tertiary/aromatic N) is 2. The highest BCUT2D eigenvalue weighted by molar-refractivity contribution is 6.05. The molecule has 5 N–H and O–H groups in total. The number of ketones is 1. The Balaban J connectivity index is 2.23. The van der Waals surface area contributed by atoms with Gasteiger partial charge in [-0.05, 0) is 87.9 Å². The Kier molecular flexibility index (Phi) is 21.7. The van der Waals surface area contributed by atoms with Crippen molar-refractivity contribution in [3.05, 3.63) is 29.8 Å². The van der Waals surface area contributed by atoms with E-state index >= 15 is 0 Å². The molecule has 1 unspecified atom stereocenters. The van der Waals surface area contributed by atoms with E-state index in [9.17, 15) is 43.5 Å². The van der Waals surface area contributed by atoms with Crippen LogP contribution in [0.3, 0.4) is 0 Å². The molecular formula is C49H78N6O12. The van der Waals surface area contributed by atoms with Gasteiger partial charge in [0.15, 0.2) is 11.9 Å². The first-order valence-corrected chi connectivity index (χ1v) is 23.9. The first-order valence-electron chi connectivity index (χ1n) is 23.9. The fourth-order valence-electron chi connectivity index (χ4n) is 8.55. The van der Waals surface area contributed by atoms with Crippen molar-refractivity contribution in [2.45, 2.75) is 169 Å². The monoisotopic (exact) mass is 943 g/mol. The molecule has 2 heterocycles. The number of nitrogens with one attached hydrogen (secondary N) is 4. The second-order valence-electron chi connectivity index (χ2n) is 19.5. The predicted molar refractivity (Wildman–Crippen MR) is 250 cm³/mol. The highest BCUT2D eigenvalue weighted by atomic mass is 16.6. The highest BCUT2D eigenvalue weighted by Crippen LogP contribution is 2.26. The van der Waals surface area contributed by atoms with Crippen LogP contribution in [0.4, 0.5) is 0 Å². The van der Waals surface area contributed by atoms with Crippen LogP contribution in [0.2, 0.25) is 0 Å². The van der Waals surface area contributed by atoms with Crippen molar-refractivity contribution in [2.24, 2.45) is 29.6 Å². The lowest BCUT2D eigenvalue weighted by Crippen LogP contribution is -2.61. The van der Waals surface area contributed by atoms with Crippen LogP contribution in [0.1, 0.15) is 113 Å². The second-order valence-corrected chi connectivity index (χ2v) is 19.5. The number of hydrogen-bond acceptors (Lipinski definition) is 13. The van der Waals surface area contributed by atoms with Gasteiger partial charge >= 0.3 is 11.9 Å². The molecule has 0 saturated carbocycles. The molecule has 3 rings (SSSR count). The summed E-state index contributed by atoms with van der Waals surface area (Å²) in [6.07, 6.45) is -3.30. The zero-order valence-corrected chi connectivity index (χ0v) is 41.9. The molecule has 1 aromatic carbocycles. The van der Waals surface area contributed by atoms with Crippen LogP contribution in [0, 0.1) is 29.6 Å². The largest absolute Gasteiger partial charge is 0.497 e. The zero-order valence-electron chi connectivity index (χ0n) is 41.9.